The lowest BCUT2D eigenvalue weighted by atomic mass is 10.1. The number of hydrogen-bond acceptors (Lipinski definition) is 4. The van der Waals surface area contributed by atoms with Crippen molar-refractivity contribution in [3.05, 3.63) is 58.7 Å². The zero-order chi connectivity index (χ0) is 15.4. The van der Waals surface area contributed by atoms with E-state index in [0.29, 0.717) is 23.2 Å². The van der Waals surface area contributed by atoms with Gasteiger partial charge in [0.25, 0.3) is 0 Å². The smallest absolute Gasteiger partial charge is 0.186 e. The second kappa shape index (κ2) is 6.33. The molecule has 0 aromatic heterocycles. The molecule has 2 aromatic carbocycles. The van der Waals surface area contributed by atoms with Crippen LogP contribution in [0, 0.1) is 11.8 Å². The SMILES string of the molecule is O=Cc1ccc(C#Cc2ccc3c(c2)CCO3)cc1OCO. The number of ether oxygens (including phenoxy) is 2. The second-order valence-electron chi connectivity index (χ2n) is 4.81. The van der Waals surface area contributed by atoms with Gasteiger partial charge in [-0.2, -0.15) is 0 Å². The van der Waals surface area contributed by atoms with Crippen molar-refractivity contribution in [2.45, 2.75) is 6.42 Å². The molecule has 22 heavy (non-hydrogen) atoms. The van der Waals surface area contributed by atoms with Gasteiger partial charge in [0.1, 0.15) is 11.5 Å². The molecule has 1 aliphatic rings. The lowest BCUT2D eigenvalue weighted by molar-refractivity contribution is 0.0959. The number of rotatable bonds is 3. The summed E-state index contributed by atoms with van der Waals surface area (Å²) in [5.41, 5.74) is 3.18. The summed E-state index contributed by atoms with van der Waals surface area (Å²) in [6, 6.07) is 10.9. The lowest BCUT2D eigenvalue weighted by Crippen LogP contribution is -1.98. The van der Waals surface area contributed by atoms with Gasteiger partial charge in [-0.1, -0.05) is 11.8 Å². The van der Waals surface area contributed by atoms with Crippen molar-refractivity contribution < 1.29 is 19.4 Å². The molecule has 0 saturated carbocycles. The first-order chi connectivity index (χ1) is 10.8. The highest BCUT2D eigenvalue weighted by atomic mass is 16.6. The number of carbonyl (C=O) groups excluding carboxylic acids is 1. The third kappa shape index (κ3) is 2.95. The maximum atomic E-state index is 10.9. The standard InChI is InChI=1S/C18H14O4/c19-11-16-5-3-14(10-18(16)22-12-20)2-1-13-4-6-17-15(9-13)7-8-21-17/h3-6,9-11,20H,7-8,12H2. The van der Waals surface area contributed by atoms with Gasteiger partial charge >= 0.3 is 0 Å². The van der Waals surface area contributed by atoms with Crippen LogP contribution in [-0.4, -0.2) is 24.8 Å². The number of aldehydes is 1. The van der Waals surface area contributed by atoms with E-state index in [0.717, 1.165) is 24.3 Å². The molecule has 3 rings (SSSR count). The number of fused-ring (bicyclic) bond motifs is 1. The highest BCUT2D eigenvalue weighted by Gasteiger charge is 2.11. The number of aliphatic hydroxyl groups is 1. The van der Waals surface area contributed by atoms with Crippen LogP contribution < -0.4 is 9.47 Å². The van der Waals surface area contributed by atoms with Gasteiger partial charge in [0.2, 0.25) is 0 Å². The van der Waals surface area contributed by atoms with E-state index < -0.39 is 6.79 Å². The van der Waals surface area contributed by atoms with E-state index in [9.17, 15) is 4.79 Å². The van der Waals surface area contributed by atoms with Crippen molar-refractivity contribution in [3.8, 4) is 23.3 Å². The van der Waals surface area contributed by atoms with E-state index >= 15 is 0 Å². The van der Waals surface area contributed by atoms with Crippen molar-refractivity contribution >= 4 is 6.29 Å². The van der Waals surface area contributed by atoms with Crippen LogP contribution in [0.1, 0.15) is 27.0 Å². The lowest BCUT2D eigenvalue weighted by Gasteiger charge is -2.05. The third-order valence-corrected chi connectivity index (χ3v) is 3.40. The summed E-state index contributed by atoms with van der Waals surface area (Å²) in [7, 11) is 0. The average molecular weight is 294 g/mol. The highest BCUT2D eigenvalue weighted by molar-refractivity contribution is 5.79. The molecule has 0 bridgehead atoms. The molecule has 0 aliphatic carbocycles. The zero-order valence-electron chi connectivity index (χ0n) is 11.8. The molecule has 0 atom stereocenters. The molecule has 0 spiro atoms. The maximum Gasteiger partial charge on any atom is 0.186 e. The van der Waals surface area contributed by atoms with Gasteiger partial charge < -0.3 is 14.6 Å². The number of hydrogen-bond donors (Lipinski definition) is 1. The van der Waals surface area contributed by atoms with Gasteiger partial charge in [-0.15, -0.1) is 0 Å². The van der Waals surface area contributed by atoms with Gasteiger partial charge in [0.15, 0.2) is 13.1 Å². The Labute approximate surface area is 128 Å². The molecule has 1 aliphatic heterocycles. The molecule has 1 N–H and O–H groups in total. The Hall–Kier alpha value is -2.77. The molecule has 0 saturated heterocycles. The monoisotopic (exact) mass is 294 g/mol. The fraction of sp³-hybridized carbons (Fsp3) is 0.167. The van der Waals surface area contributed by atoms with Crippen LogP contribution in [0.4, 0.5) is 0 Å². The van der Waals surface area contributed by atoms with E-state index in [1.54, 1.807) is 18.2 Å². The Morgan fingerprint density at radius 2 is 1.95 bits per heavy atom. The largest absolute Gasteiger partial charge is 0.493 e. The van der Waals surface area contributed by atoms with Crippen molar-refractivity contribution in [1.82, 2.24) is 0 Å². The minimum absolute atomic E-state index is 0.326. The van der Waals surface area contributed by atoms with Crippen LogP contribution >= 0.6 is 0 Å². The molecular weight excluding hydrogens is 280 g/mol. The van der Waals surface area contributed by atoms with Crippen LogP contribution in [0.2, 0.25) is 0 Å². The molecule has 0 radical (unpaired) electrons. The van der Waals surface area contributed by atoms with E-state index in [1.807, 2.05) is 18.2 Å². The summed E-state index contributed by atoms with van der Waals surface area (Å²) in [6.45, 7) is 0.240. The van der Waals surface area contributed by atoms with E-state index in [4.69, 9.17) is 14.6 Å². The van der Waals surface area contributed by atoms with Crippen LogP contribution in [0.15, 0.2) is 36.4 Å². The molecule has 1 heterocycles. The Kier molecular flexibility index (Phi) is 4.08. The summed E-state index contributed by atoms with van der Waals surface area (Å²) in [5.74, 6) is 7.38. The predicted molar refractivity (Wildman–Crippen MR) is 81.2 cm³/mol. The third-order valence-electron chi connectivity index (χ3n) is 3.40. The Balaban J connectivity index is 1.87. The predicted octanol–water partition coefficient (Wildman–Crippen LogP) is 2.16. The first kappa shape index (κ1) is 14.2. The van der Waals surface area contributed by atoms with Crippen molar-refractivity contribution in [2.75, 3.05) is 13.4 Å². The van der Waals surface area contributed by atoms with Crippen LogP contribution in [0.25, 0.3) is 0 Å². The molecule has 0 amide bonds. The van der Waals surface area contributed by atoms with Crippen molar-refractivity contribution in [2.24, 2.45) is 0 Å². The van der Waals surface area contributed by atoms with E-state index in [-0.39, 0.29) is 0 Å². The average Bonchev–Trinajstić information content (AvgIpc) is 3.01. The molecule has 4 nitrogen and oxygen atoms in total. The topological polar surface area (TPSA) is 55.8 Å². The first-order valence-electron chi connectivity index (χ1n) is 6.91. The molecule has 0 unspecified atom stereocenters. The second-order valence-corrected chi connectivity index (χ2v) is 4.81. The number of benzene rings is 2. The summed E-state index contributed by atoms with van der Waals surface area (Å²) >= 11 is 0. The van der Waals surface area contributed by atoms with Crippen LogP contribution in [0.3, 0.4) is 0 Å². The Bertz CT molecular complexity index is 768. The molecule has 0 fully saturated rings. The maximum absolute atomic E-state index is 10.9. The minimum atomic E-state index is -0.484. The van der Waals surface area contributed by atoms with E-state index in [2.05, 4.69) is 11.8 Å². The fourth-order valence-electron chi connectivity index (χ4n) is 2.31. The Morgan fingerprint density at radius 3 is 2.73 bits per heavy atom. The normalized spacial score (nSPS) is 11.9. The Morgan fingerprint density at radius 1 is 1.18 bits per heavy atom. The minimum Gasteiger partial charge on any atom is -0.493 e. The summed E-state index contributed by atoms with van der Waals surface area (Å²) in [6.07, 6.45) is 1.59. The molecule has 110 valence electrons. The number of carbonyl (C=O) groups is 1. The van der Waals surface area contributed by atoms with Crippen molar-refractivity contribution in [3.63, 3.8) is 0 Å². The van der Waals surface area contributed by atoms with Gasteiger partial charge in [-0.25, -0.2) is 0 Å². The van der Waals surface area contributed by atoms with E-state index in [1.165, 1.54) is 5.56 Å². The van der Waals surface area contributed by atoms with Crippen LogP contribution in [0.5, 0.6) is 11.5 Å². The summed E-state index contributed by atoms with van der Waals surface area (Å²) < 4.78 is 10.5. The zero-order valence-corrected chi connectivity index (χ0v) is 11.8. The van der Waals surface area contributed by atoms with Gasteiger partial charge in [-0.3, -0.25) is 4.79 Å². The summed E-state index contributed by atoms with van der Waals surface area (Å²) in [4.78, 5) is 10.9. The number of aliphatic hydroxyl groups excluding tert-OH is 1. The van der Waals surface area contributed by atoms with Gasteiger partial charge in [0.05, 0.1) is 12.2 Å². The van der Waals surface area contributed by atoms with Gasteiger partial charge in [-0.05, 0) is 42.0 Å². The summed E-state index contributed by atoms with van der Waals surface area (Å²) in [5, 5.41) is 8.84. The molecule has 2 aromatic rings. The molecular formula is C18H14O4. The van der Waals surface area contributed by atoms with Gasteiger partial charge in [0, 0.05) is 17.5 Å². The quantitative estimate of drug-likeness (QED) is 0.535. The highest BCUT2D eigenvalue weighted by Crippen LogP contribution is 2.25. The molecule has 4 heteroatoms. The van der Waals surface area contributed by atoms with Crippen molar-refractivity contribution in [1.29, 1.82) is 0 Å². The fourth-order valence-corrected chi connectivity index (χ4v) is 2.31. The first-order valence-corrected chi connectivity index (χ1v) is 6.91. The van der Waals surface area contributed by atoms with Crippen LogP contribution in [-0.2, 0) is 6.42 Å².